The lowest BCUT2D eigenvalue weighted by molar-refractivity contribution is 0.412. The van der Waals surface area contributed by atoms with Crippen LogP contribution in [0.1, 0.15) is 23.5 Å². The van der Waals surface area contributed by atoms with Crippen LogP contribution in [-0.2, 0) is 0 Å². The van der Waals surface area contributed by atoms with Crippen molar-refractivity contribution in [1.29, 1.82) is 0 Å². The summed E-state index contributed by atoms with van der Waals surface area (Å²) in [5.41, 5.74) is 9.71. The summed E-state index contributed by atoms with van der Waals surface area (Å²) in [6.07, 6.45) is 2.90. The van der Waals surface area contributed by atoms with E-state index in [-0.39, 0.29) is 5.82 Å². The number of fused-ring (bicyclic) bond motifs is 1. The van der Waals surface area contributed by atoms with Crippen molar-refractivity contribution in [1.82, 2.24) is 9.88 Å². The lowest BCUT2D eigenvalue weighted by atomic mass is 9.88. The van der Waals surface area contributed by atoms with Gasteiger partial charge >= 0.3 is 0 Å². The van der Waals surface area contributed by atoms with E-state index in [1.54, 1.807) is 12.3 Å². The molecule has 0 bridgehead atoms. The molecule has 0 saturated carbocycles. The highest BCUT2D eigenvalue weighted by atomic mass is 19.1. The van der Waals surface area contributed by atoms with E-state index in [2.05, 4.69) is 23.0 Å². The minimum atomic E-state index is -0.183. The average Bonchev–Trinajstić information content (AvgIpc) is 3.00. The van der Waals surface area contributed by atoms with Gasteiger partial charge in [-0.15, -0.1) is 0 Å². The van der Waals surface area contributed by atoms with Crippen LogP contribution in [0.3, 0.4) is 0 Å². The Kier molecular flexibility index (Phi) is 3.92. The minimum Gasteiger partial charge on any atom is -0.384 e. The number of nitrogens with zero attached hydrogens (tertiary/aromatic N) is 2. The Bertz CT molecular complexity index is 931. The Morgan fingerprint density at radius 1 is 1.24 bits per heavy atom. The normalized spacial score (nSPS) is 18.1. The molecule has 2 aromatic carbocycles. The van der Waals surface area contributed by atoms with Gasteiger partial charge in [-0.3, -0.25) is 0 Å². The van der Waals surface area contributed by atoms with Crippen LogP contribution in [0.2, 0.25) is 0 Å². The third kappa shape index (κ3) is 2.87. The predicted molar refractivity (Wildman–Crippen MR) is 101 cm³/mol. The van der Waals surface area contributed by atoms with Crippen LogP contribution in [-0.4, -0.2) is 30.0 Å². The first-order valence-corrected chi connectivity index (χ1v) is 8.66. The van der Waals surface area contributed by atoms with Gasteiger partial charge < -0.3 is 10.6 Å². The minimum absolute atomic E-state index is 0.183. The van der Waals surface area contributed by atoms with Gasteiger partial charge in [0.15, 0.2) is 0 Å². The first-order chi connectivity index (χ1) is 12.0. The predicted octanol–water partition coefficient (Wildman–Crippen LogP) is 4.35. The Hall–Kier alpha value is -2.46. The van der Waals surface area contributed by atoms with Crippen LogP contribution in [0.5, 0.6) is 0 Å². The van der Waals surface area contributed by atoms with Gasteiger partial charge in [0.05, 0.1) is 0 Å². The van der Waals surface area contributed by atoms with Gasteiger partial charge in [-0.2, -0.15) is 0 Å². The number of hydrogen-bond acceptors (Lipinski definition) is 3. The molecule has 25 heavy (non-hydrogen) atoms. The smallest absolute Gasteiger partial charge is 0.131 e. The number of nitrogens with two attached hydrogens (primary N) is 1. The second kappa shape index (κ2) is 6.12. The third-order valence-corrected chi connectivity index (χ3v) is 5.23. The summed E-state index contributed by atoms with van der Waals surface area (Å²) in [6, 6.07) is 11.3. The van der Waals surface area contributed by atoms with Crippen molar-refractivity contribution >= 4 is 16.6 Å². The molecule has 0 radical (unpaired) electrons. The largest absolute Gasteiger partial charge is 0.384 e. The van der Waals surface area contributed by atoms with Crippen LogP contribution in [0.15, 0.2) is 42.6 Å². The second-order valence-electron chi connectivity index (χ2n) is 7.08. The molecule has 2 N–H and O–H groups in total. The molecule has 1 aliphatic heterocycles. The fourth-order valence-corrected chi connectivity index (χ4v) is 3.97. The van der Waals surface area contributed by atoms with Crippen molar-refractivity contribution in [3.63, 3.8) is 0 Å². The zero-order chi connectivity index (χ0) is 17.6. The van der Waals surface area contributed by atoms with Crippen LogP contribution >= 0.6 is 0 Å². The highest BCUT2D eigenvalue weighted by molar-refractivity contribution is 5.92. The van der Waals surface area contributed by atoms with Crippen molar-refractivity contribution in [2.45, 2.75) is 19.3 Å². The molecular formula is C21H22FN3. The molecule has 1 saturated heterocycles. The lowest BCUT2D eigenvalue weighted by Gasteiger charge is -2.17. The number of hydrogen-bond donors (Lipinski definition) is 1. The van der Waals surface area contributed by atoms with Crippen LogP contribution in [0, 0.1) is 12.7 Å². The summed E-state index contributed by atoms with van der Waals surface area (Å²) < 4.78 is 14.5. The molecule has 0 amide bonds. The van der Waals surface area contributed by atoms with Crippen LogP contribution < -0.4 is 5.73 Å². The van der Waals surface area contributed by atoms with Gasteiger partial charge in [0.2, 0.25) is 0 Å². The number of rotatable bonds is 2. The molecule has 1 atom stereocenters. The number of benzene rings is 2. The topological polar surface area (TPSA) is 42.1 Å². The zero-order valence-corrected chi connectivity index (χ0v) is 14.6. The molecule has 4 heteroatoms. The van der Waals surface area contributed by atoms with E-state index in [9.17, 15) is 4.39 Å². The molecule has 1 unspecified atom stereocenters. The number of halogens is 1. The number of likely N-dealkylation sites (N-methyl/N-ethyl adjacent to an activating group) is 1. The Labute approximate surface area is 147 Å². The molecule has 128 valence electrons. The van der Waals surface area contributed by atoms with E-state index in [0.29, 0.717) is 17.3 Å². The maximum absolute atomic E-state index is 14.5. The zero-order valence-electron chi connectivity index (χ0n) is 14.6. The summed E-state index contributed by atoms with van der Waals surface area (Å²) >= 11 is 0. The molecule has 2 heterocycles. The summed E-state index contributed by atoms with van der Waals surface area (Å²) in [7, 11) is 2.14. The van der Waals surface area contributed by atoms with E-state index >= 15 is 0 Å². The fraction of sp³-hybridized carbons (Fsp3) is 0.286. The van der Waals surface area contributed by atoms with Gasteiger partial charge in [-0.1, -0.05) is 18.2 Å². The third-order valence-electron chi connectivity index (χ3n) is 5.23. The monoisotopic (exact) mass is 335 g/mol. The average molecular weight is 335 g/mol. The van der Waals surface area contributed by atoms with Gasteiger partial charge in [0.1, 0.15) is 11.6 Å². The van der Waals surface area contributed by atoms with Crippen LogP contribution in [0.25, 0.3) is 21.9 Å². The lowest BCUT2D eigenvalue weighted by Crippen LogP contribution is -2.13. The van der Waals surface area contributed by atoms with Crippen molar-refractivity contribution in [2.24, 2.45) is 0 Å². The molecule has 4 rings (SSSR count). The Morgan fingerprint density at radius 3 is 2.80 bits per heavy atom. The maximum atomic E-state index is 14.5. The Morgan fingerprint density at radius 2 is 2.08 bits per heavy atom. The molecule has 1 aliphatic rings. The number of anilines is 1. The van der Waals surface area contributed by atoms with Crippen LogP contribution in [0.4, 0.5) is 10.2 Å². The number of aromatic nitrogens is 1. The van der Waals surface area contributed by atoms with Crippen molar-refractivity contribution in [3.05, 3.63) is 59.5 Å². The standard InChI is InChI=1S/C21H22FN3/c1-13-4-3-5-19(22)21(13)15-8-16-11-24-20(23)10-18(16)17(9-15)14-6-7-25(2)12-14/h3-5,8-11,14H,6-7,12H2,1-2H3,(H2,23,24). The first kappa shape index (κ1) is 16.0. The quantitative estimate of drug-likeness (QED) is 0.757. The van der Waals surface area contributed by atoms with E-state index in [0.717, 1.165) is 41.4 Å². The molecule has 1 aromatic heterocycles. The van der Waals surface area contributed by atoms with Crippen molar-refractivity contribution < 1.29 is 4.39 Å². The molecule has 3 nitrogen and oxygen atoms in total. The SMILES string of the molecule is Cc1cccc(F)c1-c1cc(C2CCN(C)C2)c2cc(N)ncc2c1. The summed E-state index contributed by atoms with van der Waals surface area (Å²) in [4.78, 5) is 6.58. The summed E-state index contributed by atoms with van der Waals surface area (Å²) in [5, 5.41) is 2.14. The molecule has 3 aromatic rings. The van der Waals surface area contributed by atoms with Crippen molar-refractivity contribution in [3.8, 4) is 11.1 Å². The first-order valence-electron chi connectivity index (χ1n) is 8.66. The molecule has 0 aliphatic carbocycles. The van der Waals surface area contributed by atoms with E-state index in [1.807, 2.05) is 25.1 Å². The van der Waals surface area contributed by atoms with E-state index < -0.39 is 0 Å². The van der Waals surface area contributed by atoms with E-state index in [4.69, 9.17) is 5.73 Å². The van der Waals surface area contributed by atoms with Crippen molar-refractivity contribution in [2.75, 3.05) is 25.9 Å². The highest BCUT2D eigenvalue weighted by Crippen LogP contribution is 2.37. The summed E-state index contributed by atoms with van der Waals surface area (Å²) in [6.45, 7) is 4.04. The second-order valence-corrected chi connectivity index (χ2v) is 7.08. The number of aryl methyl sites for hydroxylation is 1. The molecule has 0 spiro atoms. The van der Waals surface area contributed by atoms with Gasteiger partial charge in [0.25, 0.3) is 0 Å². The number of likely N-dealkylation sites (tertiary alicyclic amines) is 1. The number of pyridine rings is 1. The number of nitrogen functional groups attached to an aromatic ring is 1. The summed E-state index contributed by atoms with van der Waals surface area (Å²) in [5.74, 6) is 0.772. The highest BCUT2D eigenvalue weighted by Gasteiger charge is 2.24. The van der Waals surface area contributed by atoms with Gasteiger partial charge in [-0.25, -0.2) is 9.37 Å². The Balaban J connectivity index is 1.97. The molecule has 1 fully saturated rings. The fourth-order valence-electron chi connectivity index (χ4n) is 3.97. The van der Waals surface area contributed by atoms with Gasteiger partial charge in [0, 0.05) is 23.7 Å². The molecular weight excluding hydrogens is 313 g/mol. The maximum Gasteiger partial charge on any atom is 0.131 e. The van der Waals surface area contributed by atoms with Gasteiger partial charge in [-0.05, 0) is 73.1 Å². The van der Waals surface area contributed by atoms with E-state index in [1.165, 1.54) is 11.6 Å².